The molecular formula is C26H30N4O3. The van der Waals surface area contributed by atoms with Crippen LogP contribution < -0.4 is 5.32 Å². The summed E-state index contributed by atoms with van der Waals surface area (Å²) in [5.74, 6) is 0.174. The third-order valence-corrected chi connectivity index (χ3v) is 6.07. The summed E-state index contributed by atoms with van der Waals surface area (Å²) in [5.41, 5.74) is 5.14. The largest absolute Gasteiger partial charge is 0.392 e. The Balaban J connectivity index is 1.57. The first kappa shape index (κ1) is 22.7. The molecule has 7 heteroatoms. The van der Waals surface area contributed by atoms with Crippen molar-refractivity contribution in [1.82, 2.24) is 14.9 Å². The predicted molar refractivity (Wildman–Crippen MR) is 128 cm³/mol. The number of aliphatic hydroxyl groups is 1. The summed E-state index contributed by atoms with van der Waals surface area (Å²) in [5, 5.41) is 13.0. The Morgan fingerprint density at radius 3 is 2.64 bits per heavy atom. The lowest BCUT2D eigenvalue weighted by Crippen LogP contribution is -2.33. The van der Waals surface area contributed by atoms with Crippen LogP contribution in [0.4, 0.5) is 11.4 Å². The molecule has 1 aromatic carbocycles. The van der Waals surface area contributed by atoms with Crippen LogP contribution in [0, 0.1) is 5.92 Å². The number of aliphatic hydroxyl groups excluding tert-OH is 1. The quantitative estimate of drug-likeness (QED) is 0.482. The predicted octanol–water partition coefficient (Wildman–Crippen LogP) is 4.18. The number of hydrogen-bond donors (Lipinski definition) is 3. The van der Waals surface area contributed by atoms with Gasteiger partial charge in [0, 0.05) is 55.8 Å². The van der Waals surface area contributed by atoms with E-state index in [1.165, 1.54) is 0 Å². The van der Waals surface area contributed by atoms with E-state index in [9.17, 15) is 14.7 Å². The number of ketones is 1. The Hall–Kier alpha value is -3.45. The minimum atomic E-state index is -0.557. The van der Waals surface area contributed by atoms with Crippen molar-refractivity contribution in [2.24, 2.45) is 5.92 Å². The minimum Gasteiger partial charge on any atom is -0.392 e. The fourth-order valence-electron chi connectivity index (χ4n) is 4.48. The molecule has 0 saturated carbocycles. The molecule has 0 fully saturated rings. The maximum Gasteiger partial charge on any atom is 0.222 e. The van der Waals surface area contributed by atoms with Gasteiger partial charge in [-0.25, -0.2) is 0 Å². The molecule has 0 radical (unpaired) electrons. The van der Waals surface area contributed by atoms with Gasteiger partial charge in [0.25, 0.3) is 0 Å². The van der Waals surface area contributed by atoms with Crippen LogP contribution in [0.25, 0.3) is 11.3 Å². The summed E-state index contributed by atoms with van der Waals surface area (Å²) in [6, 6.07) is 13.7. The lowest BCUT2D eigenvalue weighted by molar-refractivity contribution is -0.131. The number of likely N-dealkylation sites (N-methyl/N-ethyl adjacent to an activating group) is 1. The Morgan fingerprint density at radius 2 is 1.94 bits per heavy atom. The van der Waals surface area contributed by atoms with E-state index in [0.717, 1.165) is 28.3 Å². The number of nitrogens with zero attached hydrogens (tertiary/aromatic N) is 2. The number of carbonyl (C=O) groups excluding carboxylic acids is 2. The van der Waals surface area contributed by atoms with Crippen LogP contribution in [0.3, 0.4) is 0 Å². The van der Waals surface area contributed by atoms with E-state index in [-0.39, 0.29) is 17.6 Å². The number of carbonyl (C=O) groups is 2. The van der Waals surface area contributed by atoms with Gasteiger partial charge < -0.3 is 20.3 Å². The highest BCUT2D eigenvalue weighted by atomic mass is 16.3. The molecule has 0 saturated heterocycles. The standard InChI is InChI=1S/C26H30N4O3/c1-17(31)16-30(2)23(33)9-8-18-14-21-24(22(32)15-18)26(28-20-6-4-3-5-7-20)25(29-21)19-10-12-27-13-11-19/h3-7,10-13,17-18,28-29,31H,8-9,14-16H2,1-2H3/t17-,18?/m1/s1. The third-order valence-electron chi connectivity index (χ3n) is 6.07. The highest BCUT2D eigenvalue weighted by molar-refractivity contribution is 6.07. The number of nitrogens with one attached hydrogen (secondary N) is 2. The second-order valence-corrected chi connectivity index (χ2v) is 8.81. The number of rotatable bonds is 8. The van der Waals surface area contributed by atoms with Crippen LogP contribution in [-0.4, -0.2) is 51.4 Å². The maximum atomic E-state index is 13.3. The van der Waals surface area contributed by atoms with Crippen molar-refractivity contribution >= 4 is 23.1 Å². The molecule has 3 aromatic rings. The second-order valence-electron chi connectivity index (χ2n) is 8.81. The Morgan fingerprint density at radius 1 is 1.21 bits per heavy atom. The van der Waals surface area contributed by atoms with Crippen molar-refractivity contribution < 1.29 is 14.7 Å². The second kappa shape index (κ2) is 10.0. The average Bonchev–Trinajstić information content (AvgIpc) is 3.17. The summed E-state index contributed by atoms with van der Waals surface area (Å²) in [7, 11) is 1.70. The summed E-state index contributed by atoms with van der Waals surface area (Å²) in [4.78, 5) is 34.8. The van der Waals surface area contributed by atoms with Crippen LogP contribution in [0.2, 0.25) is 0 Å². The van der Waals surface area contributed by atoms with E-state index >= 15 is 0 Å². The van der Waals surface area contributed by atoms with Gasteiger partial charge in [-0.05, 0) is 49.9 Å². The van der Waals surface area contributed by atoms with Crippen molar-refractivity contribution in [2.45, 2.75) is 38.7 Å². The van der Waals surface area contributed by atoms with Crippen LogP contribution in [0.1, 0.15) is 42.2 Å². The topological polar surface area (TPSA) is 98.3 Å². The number of H-pyrrole nitrogens is 1. The zero-order chi connectivity index (χ0) is 23.4. The summed E-state index contributed by atoms with van der Waals surface area (Å²) in [6.07, 6.45) is 5.05. The molecule has 2 heterocycles. The summed E-state index contributed by atoms with van der Waals surface area (Å²) < 4.78 is 0. The zero-order valence-electron chi connectivity index (χ0n) is 19.0. The highest BCUT2D eigenvalue weighted by Gasteiger charge is 2.32. The molecule has 1 aliphatic carbocycles. The average molecular weight is 447 g/mol. The first-order valence-electron chi connectivity index (χ1n) is 11.3. The molecule has 33 heavy (non-hydrogen) atoms. The van der Waals surface area contributed by atoms with Gasteiger partial charge in [0.1, 0.15) is 0 Å². The van der Waals surface area contributed by atoms with Crippen LogP contribution in [0.5, 0.6) is 0 Å². The van der Waals surface area contributed by atoms with Gasteiger partial charge in [-0.2, -0.15) is 0 Å². The molecule has 4 rings (SSSR count). The molecular weight excluding hydrogens is 416 g/mol. The van der Waals surface area contributed by atoms with E-state index in [2.05, 4.69) is 15.3 Å². The Kier molecular flexibility index (Phi) is 6.89. The lowest BCUT2D eigenvalue weighted by atomic mass is 9.83. The number of aromatic amines is 1. The first-order valence-corrected chi connectivity index (χ1v) is 11.3. The normalized spacial score (nSPS) is 16.2. The van der Waals surface area contributed by atoms with Crippen LogP contribution in [0.15, 0.2) is 54.9 Å². The molecule has 1 amide bonds. The number of Topliss-reactive ketones (excluding diaryl/α,β-unsaturated/α-hetero) is 1. The number of benzene rings is 1. The Bertz CT molecular complexity index is 1110. The van der Waals surface area contributed by atoms with Gasteiger partial charge in [0.2, 0.25) is 5.91 Å². The molecule has 0 spiro atoms. The van der Waals surface area contributed by atoms with Gasteiger partial charge in [0.05, 0.1) is 23.0 Å². The monoisotopic (exact) mass is 446 g/mol. The molecule has 172 valence electrons. The van der Waals surface area contributed by atoms with E-state index in [4.69, 9.17) is 0 Å². The van der Waals surface area contributed by atoms with E-state index in [0.29, 0.717) is 37.8 Å². The molecule has 2 aromatic heterocycles. The molecule has 0 aliphatic heterocycles. The fourth-order valence-corrected chi connectivity index (χ4v) is 4.48. The highest BCUT2D eigenvalue weighted by Crippen LogP contribution is 2.40. The van der Waals surface area contributed by atoms with E-state index in [1.807, 2.05) is 42.5 Å². The van der Waals surface area contributed by atoms with E-state index < -0.39 is 6.10 Å². The lowest BCUT2D eigenvalue weighted by Gasteiger charge is -2.24. The molecule has 3 N–H and O–H groups in total. The molecule has 2 atom stereocenters. The van der Waals surface area contributed by atoms with Gasteiger partial charge in [-0.1, -0.05) is 18.2 Å². The number of hydrogen-bond acceptors (Lipinski definition) is 5. The number of pyridine rings is 1. The molecule has 0 bridgehead atoms. The molecule has 1 unspecified atom stereocenters. The Labute approximate surface area is 193 Å². The van der Waals surface area contributed by atoms with Gasteiger partial charge in [0.15, 0.2) is 5.78 Å². The van der Waals surface area contributed by atoms with Crippen molar-refractivity contribution in [1.29, 1.82) is 0 Å². The summed E-state index contributed by atoms with van der Waals surface area (Å²) >= 11 is 0. The van der Waals surface area contributed by atoms with Crippen molar-refractivity contribution in [2.75, 3.05) is 18.9 Å². The van der Waals surface area contributed by atoms with Crippen molar-refractivity contribution in [3.05, 3.63) is 66.1 Å². The SMILES string of the molecule is C[C@@H](O)CN(C)C(=O)CCC1CC(=O)c2c([nH]c(-c3ccncc3)c2Nc2ccccc2)C1. The number of para-hydroxylation sites is 1. The minimum absolute atomic E-state index is 0.00969. The first-order chi connectivity index (χ1) is 15.9. The number of aromatic nitrogens is 2. The van der Waals surface area contributed by atoms with Gasteiger partial charge in [-0.3, -0.25) is 14.6 Å². The van der Waals surface area contributed by atoms with Crippen molar-refractivity contribution in [3.63, 3.8) is 0 Å². The van der Waals surface area contributed by atoms with E-state index in [1.54, 1.807) is 31.3 Å². The smallest absolute Gasteiger partial charge is 0.222 e. The van der Waals surface area contributed by atoms with Gasteiger partial charge >= 0.3 is 0 Å². The third kappa shape index (κ3) is 5.31. The van der Waals surface area contributed by atoms with Crippen molar-refractivity contribution in [3.8, 4) is 11.3 Å². The number of anilines is 2. The molecule has 7 nitrogen and oxygen atoms in total. The summed E-state index contributed by atoms with van der Waals surface area (Å²) in [6.45, 7) is 1.98. The molecule has 1 aliphatic rings. The maximum absolute atomic E-state index is 13.3. The zero-order valence-corrected chi connectivity index (χ0v) is 19.0. The van der Waals surface area contributed by atoms with Crippen LogP contribution in [-0.2, 0) is 11.2 Å². The van der Waals surface area contributed by atoms with Gasteiger partial charge in [-0.15, -0.1) is 0 Å². The number of fused-ring (bicyclic) bond motifs is 1. The van der Waals surface area contributed by atoms with Crippen LogP contribution >= 0.6 is 0 Å². The number of amides is 1. The fraction of sp³-hybridized carbons (Fsp3) is 0.346.